The largest absolute Gasteiger partial charge is 0.378 e. The van der Waals surface area contributed by atoms with Crippen molar-refractivity contribution in [3.63, 3.8) is 0 Å². The van der Waals surface area contributed by atoms with E-state index in [2.05, 4.69) is 0 Å². The predicted octanol–water partition coefficient (Wildman–Crippen LogP) is 2.23. The number of nitrogens with zero attached hydrogens (tertiary/aromatic N) is 2. The summed E-state index contributed by atoms with van der Waals surface area (Å²) in [4.78, 5) is 1.10. The van der Waals surface area contributed by atoms with E-state index < -0.39 is 10.2 Å². The van der Waals surface area contributed by atoms with E-state index in [1.165, 1.54) is 0 Å². The van der Waals surface area contributed by atoms with Crippen LogP contribution in [-0.2, 0) is 21.5 Å². The maximum absolute atomic E-state index is 13.0. The Morgan fingerprint density at radius 3 is 2.76 bits per heavy atom. The fourth-order valence-corrected chi connectivity index (χ4v) is 5.33. The standard InChI is InChI=1S/C14H24N2O3S2/c1-11(2)16(9-14-12(3)5-8-20-14)21(17,18)15-6-7-19-10-13(15)4/h5,8,11,13H,6-7,9-10H2,1-4H3. The molecule has 2 rings (SSSR count). The van der Waals surface area contributed by atoms with Gasteiger partial charge in [0.15, 0.2) is 0 Å². The van der Waals surface area contributed by atoms with Crippen molar-refractivity contribution < 1.29 is 13.2 Å². The highest BCUT2D eigenvalue weighted by Crippen LogP contribution is 2.24. The van der Waals surface area contributed by atoms with Gasteiger partial charge in [0, 0.05) is 30.1 Å². The van der Waals surface area contributed by atoms with Crippen LogP contribution in [0.1, 0.15) is 31.2 Å². The van der Waals surface area contributed by atoms with Crippen LogP contribution in [-0.4, -0.2) is 48.9 Å². The van der Waals surface area contributed by atoms with Gasteiger partial charge in [-0.05, 0) is 44.7 Å². The van der Waals surface area contributed by atoms with Gasteiger partial charge in [-0.15, -0.1) is 11.3 Å². The Balaban J connectivity index is 2.26. The van der Waals surface area contributed by atoms with Crippen LogP contribution in [0, 0.1) is 6.92 Å². The summed E-state index contributed by atoms with van der Waals surface area (Å²) >= 11 is 1.61. The molecule has 7 heteroatoms. The highest BCUT2D eigenvalue weighted by Gasteiger charge is 2.36. The molecule has 1 aromatic rings. The van der Waals surface area contributed by atoms with Crippen molar-refractivity contribution in [1.82, 2.24) is 8.61 Å². The summed E-state index contributed by atoms with van der Waals surface area (Å²) in [7, 11) is -3.47. The number of ether oxygens (including phenoxy) is 1. The zero-order valence-corrected chi connectivity index (χ0v) is 14.7. The molecule has 0 bridgehead atoms. The second-order valence-electron chi connectivity index (χ2n) is 5.71. The van der Waals surface area contributed by atoms with Crippen molar-refractivity contribution >= 4 is 21.5 Å². The van der Waals surface area contributed by atoms with Crippen molar-refractivity contribution in [2.45, 2.75) is 46.3 Å². The van der Waals surface area contributed by atoms with Gasteiger partial charge in [-0.3, -0.25) is 0 Å². The smallest absolute Gasteiger partial charge is 0.282 e. The van der Waals surface area contributed by atoms with E-state index in [-0.39, 0.29) is 12.1 Å². The lowest BCUT2D eigenvalue weighted by molar-refractivity contribution is 0.0356. The second kappa shape index (κ2) is 6.75. The number of morpholine rings is 1. The van der Waals surface area contributed by atoms with Gasteiger partial charge in [0.05, 0.1) is 13.2 Å². The third-order valence-corrected chi connectivity index (χ3v) is 7.03. The van der Waals surface area contributed by atoms with Gasteiger partial charge >= 0.3 is 0 Å². The van der Waals surface area contributed by atoms with Gasteiger partial charge in [0.1, 0.15) is 0 Å². The van der Waals surface area contributed by atoms with E-state index in [0.29, 0.717) is 26.3 Å². The number of rotatable bonds is 5. The van der Waals surface area contributed by atoms with Crippen LogP contribution in [0.4, 0.5) is 0 Å². The van der Waals surface area contributed by atoms with Crippen LogP contribution in [0.3, 0.4) is 0 Å². The Bertz CT molecular complexity index is 569. The molecule has 0 radical (unpaired) electrons. The second-order valence-corrected chi connectivity index (χ2v) is 8.54. The molecule has 0 saturated carbocycles. The zero-order valence-electron chi connectivity index (χ0n) is 13.1. The van der Waals surface area contributed by atoms with Gasteiger partial charge in [-0.25, -0.2) is 0 Å². The van der Waals surface area contributed by atoms with Gasteiger partial charge in [-0.1, -0.05) is 0 Å². The molecule has 0 spiro atoms. The maximum atomic E-state index is 13.0. The fourth-order valence-electron chi connectivity index (χ4n) is 2.43. The molecule has 1 aromatic heterocycles. The Kier molecular flexibility index (Phi) is 5.43. The van der Waals surface area contributed by atoms with E-state index in [1.54, 1.807) is 19.9 Å². The lowest BCUT2D eigenvalue weighted by Crippen LogP contribution is -2.54. The summed E-state index contributed by atoms with van der Waals surface area (Å²) in [5.74, 6) is 0. The first-order chi connectivity index (χ1) is 9.84. The topological polar surface area (TPSA) is 49.9 Å². The van der Waals surface area contributed by atoms with E-state index in [4.69, 9.17) is 4.74 Å². The molecule has 5 nitrogen and oxygen atoms in total. The van der Waals surface area contributed by atoms with Crippen LogP contribution >= 0.6 is 11.3 Å². The van der Waals surface area contributed by atoms with Gasteiger partial charge in [-0.2, -0.15) is 17.0 Å². The Morgan fingerprint density at radius 1 is 1.52 bits per heavy atom. The fraction of sp³-hybridized carbons (Fsp3) is 0.714. The number of thiophene rings is 1. The molecule has 1 unspecified atom stereocenters. The van der Waals surface area contributed by atoms with Crippen molar-refractivity contribution in [2.24, 2.45) is 0 Å². The third-order valence-electron chi connectivity index (χ3n) is 3.74. The summed E-state index contributed by atoms with van der Waals surface area (Å²) in [5.41, 5.74) is 1.15. The van der Waals surface area contributed by atoms with Crippen LogP contribution in [0.2, 0.25) is 0 Å². The quantitative estimate of drug-likeness (QED) is 0.831. The van der Waals surface area contributed by atoms with E-state index in [0.717, 1.165) is 10.4 Å². The molecular formula is C14H24N2O3S2. The number of aryl methyl sites for hydroxylation is 1. The minimum Gasteiger partial charge on any atom is -0.378 e. The highest BCUT2D eigenvalue weighted by molar-refractivity contribution is 7.86. The average Bonchev–Trinajstić information content (AvgIpc) is 2.81. The summed E-state index contributed by atoms with van der Waals surface area (Å²) in [5, 5.41) is 2.01. The lowest BCUT2D eigenvalue weighted by Gasteiger charge is -2.37. The predicted molar refractivity (Wildman–Crippen MR) is 85.6 cm³/mol. The minimum atomic E-state index is -3.47. The third kappa shape index (κ3) is 3.65. The SMILES string of the molecule is Cc1ccsc1CN(C(C)C)S(=O)(=O)N1CCOCC1C. The number of hydrogen-bond donors (Lipinski definition) is 0. The van der Waals surface area contributed by atoms with Gasteiger partial charge < -0.3 is 4.74 Å². The van der Waals surface area contributed by atoms with Crippen LogP contribution in [0.15, 0.2) is 11.4 Å². The van der Waals surface area contributed by atoms with Crippen molar-refractivity contribution in [2.75, 3.05) is 19.8 Å². The summed E-state index contributed by atoms with van der Waals surface area (Å²) in [6.07, 6.45) is 0. The van der Waals surface area contributed by atoms with Crippen molar-refractivity contribution in [3.05, 3.63) is 21.9 Å². The zero-order chi connectivity index (χ0) is 15.6. The maximum Gasteiger partial charge on any atom is 0.282 e. The minimum absolute atomic E-state index is 0.0773. The van der Waals surface area contributed by atoms with Crippen LogP contribution in [0.5, 0.6) is 0 Å². The molecule has 120 valence electrons. The molecule has 2 heterocycles. The summed E-state index contributed by atoms with van der Waals surface area (Å²) in [6, 6.07) is 1.84. The van der Waals surface area contributed by atoms with E-state index in [9.17, 15) is 8.42 Å². The Morgan fingerprint density at radius 2 is 2.24 bits per heavy atom. The summed E-state index contributed by atoms with van der Waals surface area (Å²) < 4.78 is 34.5. The molecular weight excluding hydrogens is 308 g/mol. The molecule has 1 aliphatic rings. The average molecular weight is 332 g/mol. The van der Waals surface area contributed by atoms with Crippen molar-refractivity contribution in [3.8, 4) is 0 Å². The Hall–Kier alpha value is -0.470. The van der Waals surface area contributed by atoms with Gasteiger partial charge in [0.25, 0.3) is 10.2 Å². The van der Waals surface area contributed by atoms with Crippen LogP contribution < -0.4 is 0 Å². The lowest BCUT2D eigenvalue weighted by atomic mass is 10.3. The first kappa shape index (κ1) is 16.9. The molecule has 0 amide bonds. The normalized spacial score (nSPS) is 21.3. The van der Waals surface area contributed by atoms with Crippen LogP contribution in [0.25, 0.3) is 0 Å². The first-order valence-corrected chi connectivity index (χ1v) is 9.51. The van der Waals surface area contributed by atoms with E-state index in [1.807, 2.05) is 39.1 Å². The molecule has 0 aliphatic carbocycles. The monoisotopic (exact) mass is 332 g/mol. The van der Waals surface area contributed by atoms with Gasteiger partial charge in [0.2, 0.25) is 0 Å². The highest BCUT2D eigenvalue weighted by atomic mass is 32.2. The number of hydrogen-bond acceptors (Lipinski definition) is 4. The molecule has 1 atom stereocenters. The first-order valence-electron chi connectivity index (χ1n) is 7.23. The molecule has 0 aromatic carbocycles. The molecule has 1 fully saturated rings. The molecule has 1 saturated heterocycles. The molecule has 0 N–H and O–H groups in total. The Labute approximate surface area is 131 Å². The molecule has 1 aliphatic heterocycles. The summed E-state index contributed by atoms with van der Waals surface area (Å²) in [6.45, 7) is 9.55. The molecule has 21 heavy (non-hydrogen) atoms. The van der Waals surface area contributed by atoms with E-state index >= 15 is 0 Å². The van der Waals surface area contributed by atoms with Crippen molar-refractivity contribution in [1.29, 1.82) is 0 Å².